The van der Waals surface area contributed by atoms with Gasteiger partial charge < -0.3 is 9.80 Å². The van der Waals surface area contributed by atoms with E-state index in [0.29, 0.717) is 0 Å². The number of rotatable bonds is 19. The van der Waals surface area contributed by atoms with Gasteiger partial charge in [0.25, 0.3) is 0 Å². The van der Waals surface area contributed by atoms with Gasteiger partial charge in [0.2, 0.25) is 0 Å². The van der Waals surface area contributed by atoms with E-state index in [1.54, 1.807) is 0 Å². The first-order valence-electron chi connectivity index (χ1n) is 11.1. The Morgan fingerprint density at radius 3 is 1.21 bits per heavy atom. The van der Waals surface area contributed by atoms with Crippen LogP contribution in [0.3, 0.4) is 0 Å². The fourth-order valence-corrected chi connectivity index (χ4v) is 3.66. The normalized spacial score (nSPS) is 12.1. The van der Waals surface area contributed by atoms with Crippen molar-refractivity contribution in [3.05, 3.63) is 0 Å². The second-order valence-electron chi connectivity index (χ2n) is 8.67. The first kappa shape index (κ1) is 24.1. The summed E-state index contributed by atoms with van der Waals surface area (Å²) in [6.45, 7) is 2.58. The van der Waals surface area contributed by atoms with Crippen LogP contribution in [0.15, 0.2) is 0 Å². The van der Waals surface area contributed by atoms with Crippen molar-refractivity contribution in [3.63, 3.8) is 0 Å². The Kier molecular flexibility index (Phi) is 18.0. The van der Waals surface area contributed by atoms with E-state index in [-0.39, 0.29) is 0 Å². The van der Waals surface area contributed by atoms with E-state index in [1.165, 1.54) is 126 Å². The molecule has 3 heteroatoms. The van der Waals surface area contributed by atoms with Crippen LogP contribution in [0.4, 0.5) is 0 Å². The number of unbranched alkanes of at least 4 members (excludes halogenated alkanes) is 14. The van der Waals surface area contributed by atoms with Gasteiger partial charge in [-0.25, -0.2) is 0 Å². The molecule has 0 aromatic carbocycles. The van der Waals surface area contributed by atoms with Crippen LogP contribution in [0, 0.1) is 0 Å². The number of quaternary nitrogens is 1. The molecule has 24 heavy (non-hydrogen) atoms. The molecule has 146 valence electrons. The number of hydrogen-bond acceptors (Lipinski definition) is 1. The molecule has 0 heterocycles. The van der Waals surface area contributed by atoms with E-state index in [2.05, 4.69) is 26.5 Å². The Balaban J connectivity index is 3.00. The Morgan fingerprint density at radius 2 is 0.875 bits per heavy atom. The lowest BCUT2D eigenvalue weighted by Crippen LogP contribution is -2.35. The molecule has 0 amide bonds. The van der Waals surface area contributed by atoms with Gasteiger partial charge >= 0.3 is 0 Å². The van der Waals surface area contributed by atoms with Gasteiger partial charge in [0, 0.05) is 10.2 Å². The van der Waals surface area contributed by atoms with Crippen LogP contribution in [0.25, 0.3) is 0 Å². The van der Waals surface area contributed by atoms with Crippen LogP contribution >= 0.6 is 0 Å². The first-order chi connectivity index (χ1) is 11.6. The average molecular weight is 358 g/mol. The highest BCUT2D eigenvalue weighted by Gasteiger charge is 2.04. The van der Waals surface area contributed by atoms with E-state index in [1.807, 2.05) is 0 Å². The summed E-state index contributed by atoms with van der Waals surface area (Å²) in [6, 6.07) is 0. The van der Waals surface area contributed by atoms with Crippen molar-refractivity contribution in [1.82, 2.24) is 5.32 Å². The molecule has 0 saturated carbocycles. The van der Waals surface area contributed by atoms with E-state index >= 15 is 0 Å². The van der Waals surface area contributed by atoms with Crippen molar-refractivity contribution in [2.75, 3.05) is 40.4 Å². The van der Waals surface area contributed by atoms with Crippen LogP contribution in [-0.2, 0) is 0 Å². The minimum absolute atomic E-state index is 1.12. The average Bonchev–Trinajstić information content (AvgIpc) is 2.52. The molecule has 0 rings (SSSR count). The second kappa shape index (κ2) is 17.9. The maximum absolute atomic E-state index is 3.46. The lowest BCUT2D eigenvalue weighted by atomic mass is 10.0. The third-order valence-corrected chi connectivity index (χ3v) is 5.43. The van der Waals surface area contributed by atoms with Crippen molar-refractivity contribution in [2.24, 2.45) is 0 Å². The number of hydrogen-bond donors (Lipinski definition) is 1. The van der Waals surface area contributed by atoms with Crippen LogP contribution in [0.5, 0.6) is 0 Å². The van der Waals surface area contributed by atoms with Gasteiger partial charge in [0.15, 0.2) is 0 Å². The quantitative estimate of drug-likeness (QED) is 0.204. The first-order valence-corrected chi connectivity index (χ1v) is 12.5. The third-order valence-electron chi connectivity index (χ3n) is 4.93. The van der Waals surface area contributed by atoms with Crippen LogP contribution < -0.4 is 5.32 Å². The molecule has 1 N–H and O–H groups in total. The van der Waals surface area contributed by atoms with Crippen molar-refractivity contribution >= 4 is 10.2 Å². The summed E-state index contributed by atoms with van der Waals surface area (Å²) in [5.74, 6) is 0. The second-order valence-corrected chi connectivity index (χ2v) is 9.38. The van der Waals surface area contributed by atoms with Crippen LogP contribution in [0.1, 0.15) is 96.3 Å². The predicted molar refractivity (Wildman–Crippen MR) is 115 cm³/mol. The van der Waals surface area contributed by atoms with Gasteiger partial charge in [-0.2, -0.15) is 0 Å². The molecule has 0 aliphatic carbocycles. The SMILES string of the molecule is C[N+](C)(C)CCCCCCCCCCCCCCCCCNC[SiH3]. The molecule has 0 atom stereocenters. The molecule has 0 radical (unpaired) electrons. The molecular weight excluding hydrogens is 308 g/mol. The molecular formula is C21H49N2Si+. The zero-order chi connectivity index (χ0) is 17.9. The van der Waals surface area contributed by atoms with Crippen LogP contribution in [0.2, 0.25) is 0 Å². The molecule has 0 aromatic rings. The number of nitrogens with zero attached hydrogens (tertiary/aromatic N) is 1. The van der Waals surface area contributed by atoms with E-state index in [4.69, 9.17) is 0 Å². The summed E-state index contributed by atoms with van der Waals surface area (Å²) >= 11 is 0. The summed E-state index contributed by atoms with van der Waals surface area (Å²) in [6.07, 6.45) is 23.1. The summed E-state index contributed by atoms with van der Waals surface area (Å²) < 4.78 is 1.12. The molecule has 0 spiro atoms. The van der Waals surface area contributed by atoms with Gasteiger partial charge in [-0.15, -0.1) is 0 Å². The fourth-order valence-electron chi connectivity index (χ4n) is 3.31. The molecule has 2 nitrogen and oxygen atoms in total. The van der Waals surface area contributed by atoms with Gasteiger partial charge in [-0.1, -0.05) is 77.0 Å². The fraction of sp³-hybridized carbons (Fsp3) is 1.00. The molecule has 0 saturated heterocycles. The van der Waals surface area contributed by atoms with Gasteiger partial charge in [0.1, 0.15) is 0 Å². The maximum atomic E-state index is 3.46. The van der Waals surface area contributed by atoms with E-state index in [9.17, 15) is 0 Å². The van der Waals surface area contributed by atoms with Gasteiger partial charge in [-0.3, -0.25) is 0 Å². The standard InChI is InChI=1S/C21H49N2Si/c1-23(2,3)20-18-16-14-12-10-8-6-4-5-7-9-11-13-15-17-19-22-21-24/h22H,4-21H2,1-3,24H3/q+1. The summed E-state index contributed by atoms with van der Waals surface area (Å²) in [5, 5.41) is 3.46. The number of nitrogens with one attached hydrogen (secondary N) is 1. The molecule has 0 bridgehead atoms. The third kappa shape index (κ3) is 22.1. The highest BCUT2D eigenvalue weighted by atomic mass is 28.1. The van der Waals surface area contributed by atoms with Crippen molar-refractivity contribution in [1.29, 1.82) is 0 Å². The largest absolute Gasteiger partial charge is 0.331 e. The smallest absolute Gasteiger partial charge is 0.0780 e. The predicted octanol–water partition coefficient (Wildman–Crippen LogP) is 4.46. The maximum Gasteiger partial charge on any atom is 0.0780 e. The van der Waals surface area contributed by atoms with Crippen molar-refractivity contribution in [2.45, 2.75) is 96.3 Å². The summed E-state index contributed by atoms with van der Waals surface area (Å²) in [5.41, 5.74) is 0. The van der Waals surface area contributed by atoms with Gasteiger partial charge in [0.05, 0.1) is 27.7 Å². The zero-order valence-corrected chi connectivity index (χ0v) is 19.7. The van der Waals surface area contributed by atoms with Crippen molar-refractivity contribution in [3.8, 4) is 0 Å². The minimum atomic E-state index is 1.12. The van der Waals surface area contributed by atoms with E-state index in [0.717, 1.165) is 4.48 Å². The Bertz CT molecular complexity index is 238. The Labute approximate surface area is 157 Å². The highest BCUT2D eigenvalue weighted by Crippen LogP contribution is 2.13. The van der Waals surface area contributed by atoms with Gasteiger partial charge in [-0.05, 0) is 32.0 Å². The van der Waals surface area contributed by atoms with Crippen LogP contribution in [-0.4, -0.2) is 55.1 Å². The topological polar surface area (TPSA) is 12.0 Å². The molecule has 0 aliphatic rings. The van der Waals surface area contributed by atoms with E-state index < -0.39 is 0 Å². The zero-order valence-electron chi connectivity index (χ0n) is 17.7. The molecule has 0 aliphatic heterocycles. The summed E-state index contributed by atoms with van der Waals surface area (Å²) in [4.78, 5) is 0. The highest BCUT2D eigenvalue weighted by molar-refractivity contribution is 6.08. The Morgan fingerprint density at radius 1 is 0.542 bits per heavy atom. The lowest BCUT2D eigenvalue weighted by molar-refractivity contribution is -0.870. The van der Waals surface area contributed by atoms with Crippen molar-refractivity contribution < 1.29 is 4.48 Å². The monoisotopic (exact) mass is 357 g/mol. The Hall–Kier alpha value is 0.137. The molecule has 0 fully saturated rings. The lowest BCUT2D eigenvalue weighted by Gasteiger charge is -2.23. The molecule has 0 aromatic heterocycles. The molecule has 0 unspecified atom stereocenters. The minimum Gasteiger partial charge on any atom is -0.331 e. The summed E-state index contributed by atoms with van der Waals surface area (Å²) in [7, 11) is 8.19.